The Bertz CT molecular complexity index is 1090. The number of amides is 3. The normalized spacial score (nSPS) is 14.5. The van der Waals surface area contributed by atoms with E-state index in [-0.39, 0.29) is 24.5 Å². The molecule has 0 aliphatic rings. The predicted molar refractivity (Wildman–Crippen MR) is 150 cm³/mol. The molecule has 3 amide bonds. The molecule has 0 fully saturated rings. The lowest BCUT2D eigenvalue weighted by molar-refractivity contribution is -0.142. The van der Waals surface area contributed by atoms with E-state index in [1.807, 2.05) is 38.1 Å². The average Bonchev–Trinajstić information content (AvgIpc) is 3.29. The molecule has 1 heterocycles. The highest BCUT2D eigenvalue weighted by Gasteiger charge is 2.31. The van der Waals surface area contributed by atoms with Crippen LogP contribution in [0.1, 0.15) is 45.1 Å². The maximum atomic E-state index is 13.2. The van der Waals surface area contributed by atoms with E-state index in [9.17, 15) is 24.3 Å². The van der Waals surface area contributed by atoms with Gasteiger partial charge in [0.1, 0.15) is 18.1 Å². The average molecular weight is 549 g/mol. The molecule has 2 rings (SSSR count). The molecule has 4 unspecified atom stereocenters. The molecule has 0 bridgehead atoms. The fourth-order valence-electron chi connectivity index (χ4n) is 4.09. The van der Waals surface area contributed by atoms with E-state index in [0.717, 1.165) is 16.5 Å². The summed E-state index contributed by atoms with van der Waals surface area (Å²) in [5.74, 6) is -2.75. The molecule has 0 spiro atoms. The van der Waals surface area contributed by atoms with Crippen LogP contribution in [0.25, 0.3) is 10.9 Å². The van der Waals surface area contributed by atoms with E-state index in [0.29, 0.717) is 25.8 Å². The van der Waals surface area contributed by atoms with Crippen molar-refractivity contribution in [2.45, 2.75) is 70.1 Å². The van der Waals surface area contributed by atoms with Crippen LogP contribution in [0.15, 0.2) is 30.5 Å². The number of fused-ring (bicyclic) bond motifs is 1. The van der Waals surface area contributed by atoms with Gasteiger partial charge < -0.3 is 37.5 Å². The lowest BCUT2D eigenvalue weighted by atomic mass is 10.00. The highest BCUT2D eigenvalue weighted by molar-refractivity contribution is 7.80. The smallest absolute Gasteiger partial charge is 0.326 e. The standard InChI is InChI=1S/C26H40N6O5S/c1-15(2)11-21(31-24(34)20(9-5-6-10-27)30-23(33)18(28)14-38)25(35)32-22(26(36)37)12-16-13-29-19-8-4-3-7-17(16)19/h3-4,7-8,13,15,18,20-22,29,38H,5-6,9-12,14,27-28H2,1-2H3,(H,30,33)(H,31,34)(H,32,35)(H,36,37). The first-order valence-corrected chi connectivity index (χ1v) is 13.5. The van der Waals surface area contributed by atoms with Gasteiger partial charge in [0.15, 0.2) is 0 Å². The van der Waals surface area contributed by atoms with E-state index in [1.54, 1.807) is 6.20 Å². The molecule has 9 N–H and O–H groups in total. The summed E-state index contributed by atoms with van der Waals surface area (Å²) in [5, 5.41) is 18.6. The Balaban J connectivity index is 2.17. The van der Waals surface area contributed by atoms with Crippen LogP contribution in [-0.4, -0.2) is 70.2 Å². The zero-order chi connectivity index (χ0) is 28.2. The summed E-state index contributed by atoms with van der Waals surface area (Å²) in [7, 11) is 0. The zero-order valence-corrected chi connectivity index (χ0v) is 22.8. The van der Waals surface area contributed by atoms with Crippen molar-refractivity contribution < 1.29 is 24.3 Å². The second kappa shape index (κ2) is 15.4. The lowest BCUT2D eigenvalue weighted by Gasteiger charge is -2.26. The van der Waals surface area contributed by atoms with Crippen LogP contribution < -0.4 is 27.4 Å². The van der Waals surface area contributed by atoms with Crippen LogP contribution in [0.2, 0.25) is 0 Å². The second-order valence-electron chi connectivity index (χ2n) is 9.79. The van der Waals surface area contributed by atoms with Gasteiger partial charge in [-0.15, -0.1) is 0 Å². The maximum absolute atomic E-state index is 13.2. The fourth-order valence-corrected chi connectivity index (χ4v) is 4.26. The number of carbonyl (C=O) groups excluding carboxylic acids is 3. The van der Waals surface area contributed by atoms with Gasteiger partial charge in [0, 0.05) is 29.3 Å². The molecule has 1 aromatic carbocycles. The highest BCUT2D eigenvalue weighted by atomic mass is 32.1. The lowest BCUT2D eigenvalue weighted by Crippen LogP contribution is -2.57. The monoisotopic (exact) mass is 548 g/mol. The topological polar surface area (TPSA) is 192 Å². The molecule has 0 saturated carbocycles. The van der Waals surface area contributed by atoms with Gasteiger partial charge in [-0.25, -0.2) is 4.79 Å². The molecule has 0 aliphatic heterocycles. The van der Waals surface area contributed by atoms with Gasteiger partial charge >= 0.3 is 5.97 Å². The van der Waals surface area contributed by atoms with Gasteiger partial charge in [0.05, 0.1) is 6.04 Å². The fraction of sp³-hybridized carbons (Fsp3) is 0.538. The summed E-state index contributed by atoms with van der Waals surface area (Å²) in [4.78, 5) is 53.9. The molecule has 12 heteroatoms. The summed E-state index contributed by atoms with van der Waals surface area (Å²) >= 11 is 4.03. The van der Waals surface area contributed by atoms with Crippen molar-refractivity contribution in [2.24, 2.45) is 17.4 Å². The molecule has 38 heavy (non-hydrogen) atoms. The summed E-state index contributed by atoms with van der Waals surface area (Å²) in [6.07, 6.45) is 3.61. The van der Waals surface area contributed by atoms with E-state index < -0.39 is 47.9 Å². The van der Waals surface area contributed by atoms with Gasteiger partial charge in [0.25, 0.3) is 0 Å². The Morgan fingerprint density at radius 1 is 0.974 bits per heavy atom. The number of carboxylic acid groups (broad SMARTS) is 1. The minimum absolute atomic E-state index is 0.0193. The van der Waals surface area contributed by atoms with Crippen LogP contribution >= 0.6 is 12.6 Å². The van der Waals surface area contributed by atoms with Gasteiger partial charge in [-0.2, -0.15) is 12.6 Å². The minimum atomic E-state index is -1.21. The van der Waals surface area contributed by atoms with Crippen molar-refractivity contribution in [3.8, 4) is 0 Å². The number of nitrogens with two attached hydrogens (primary N) is 2. The number of nitrogens with one attached hydrogen (secondary N) is 4. The molecule has 0 aliphatic carbocycles. The predicted octanol–water partition coefficient (Wildman–Crippen LogP) is 0.682. The Kier molecular flexibility index (Phi) is 12.6. The number of para-hydroxylation sites is 1. The summed E-state index contributed by atoms with van der Waals surface area (Å²) in [5.41, 5.74) is 12.9. The number of hydrogen-bond acceptors (Lipinski definition) is 7. The number of aromatic nitrogens is 1. The molecule has 210 valence electrons. The number of rotatable bonds is 16. The highest BCUT2D eigenvalue weighted by Crippen LogP contribution is 2.19. The Morgan fingerprint density at radius 2 is 1.61 bits per heavy atom. The number of unbranched alkanes of at least 4 members (excludes halogenated alkanes) is 1. The van der Waals surface area contributed by atoms with Gasteiger partial charge in [0.2, 0.25) is 17.7 Å². The molecular formula is C26H40N6O5S. The van der Waals surface area contributed by atoms with Crippen molar-refractivity contribution >= 4 is 47.2 Å². The van der Waals surface area contributed by atoms with Gasteiger partial charge in [-0.1, -0.05) is 32.0 Å². The summed E-state index contributed by atoms with van der Waals surface area (Å²) < 4.78 is 0. The molecule has 0 radical (unpaired) electrons. The third-order valence-electron chi connectivity index (χ3n) is 6.17. The molecule has 4 atom stereocenters. The third kappa shape index (κ3) is 9.34. The Hall–Kier alpha value is -3.09. The van der Waals surface area contributed by atoms with Crippen molar-refractivity contribution in [1.82, 2.24) is 20.9 Å². The number of thiol groups is 1. The number of H-pyrrole nitrogens is 1. The Morgan fingerprint density at radius 3 is 2.24 bits per heavy atom. The third-order valence-corrected chi connectivity index (χ3v) is 6.56. The number of aliphatic carboxylic acids is 1. The van der Waals surface area contributed by atoms with Crippen LogP contribution in [0.4, 0.5) is 0 Å². The van der Waals surface area contributed by atoms with E-state index >= 15 is 0 Å². The molecule has 1 aromatic heterocycles. The first kappa shape index (κ1) is 31.1. The SMILES string of the molecule is CC(C)CC(NC(=O)C(CCCCN)NC(=O)C(N)CS)C(=O)NC(Cc1c[nH]c2ccccc12)C(=O)O. The van der Waals surface area contributed by atoms with Crippen molar-refractivity contribution in [3.05, 3.63) is 36.0 Å². The van der Waals surface area contributed by atoms with Crippen molar-refractivity contribution in [1.29, 1.82) is 0 Å². The maximum Gasteiger partial charge on any atom is 0.326 e. The Labute approximate surface area is 228 Å². The van der Waals surface area contributed by atoms with Crippen LogP contribution in [0, 0.1) is 5.92 Å². The summed E-state index contributed by atoms with van der Waals surface area (Å²) in [6.45, 7) is 4.21. The van der Waals surface area contributed by atoms with E-state index in [2.05, 4.69) is 33.6 Å². The van der Waals surface area contributed by atoms with Crippen LogP contribution in [0.3, 0.4) is 0 Å². The molecule has 0 saturated heterocycles. The molecular weight excluding hydrogens is 508 g/mol. The van der Waals surface area contributed by atoms with E-state index in [4.69, 9.17) is 11.5 Å². The first-order chi connectivity index (χ1) is 18.1. The number of carboxylic acids is 1. The van der Waals surface area contributed by atoms with E-state index in [1.165, 1.54) is 0 Å². The quantitative estimate of drug-likeness (QED) is 0.112. The van der Waals surface area contributed by atoms with Gasteiger partial charge in [-0.3, -0.25) is 14.4 Å². The number of benzene rings is 1. The number of carbonyl (C=O) groups is 4. The molecule has 2 aromatic rings. The molecule has 11 nitrogen and oxygen atoms in total. The summed E-state index contributed by atoms with van der Waals surface area (Å²) in [6, 6.07) is 3.46. The first-order valence-electron chi connectivity index (χ1n) is 12.8. The minimum Gasteiger partial charge on any atom is -0.480 e. The zero-order valence-electron chi connectivity index (χ0n) is 21.9. The van der Waals surface area contributed by atoms with Gasteiger partial charge in [-0.05, 0) is 49.8 Å². The largest absolute Gasteiger partial charge is 0.480 e. The second-order valence-corrected chi connectivity index (χ2v) is 10.2. The van der Waals surface area contributed by atoms with Crippen molar-refractivity contribution in [3.63, 3.8) is 0 Å². The van der Waals surface area contributed by atoms with Crippen LogP contribution in [-0.2, 0) is 25.6 Å². The van der Waals surface area contributed by atoms with Crippen LogP contribution in [0.5, 0.6) is 0 Å². The van der Waals surface area contributed by atoms with Crippen molar-refractivity contribution in [2.75, 3.05) is 12.3 Å². The number of aromatic amines is 1. The number of hydrogen-bond donors (Lipinski definition) is 8.